The average molecular weight is 156 g/mol. The highest BCUT2D eigenvalue weighted by Gasteiger charge is 2.30. The van der Waals surface area contributed by atoms with Gasteiger partial charge in [-0.3, -0.25) is 0 Å². The fourth-order valence-corrected chi connectivity index (χ4v) is 1.18. The van der Waals surface area contributed by atoms with Gasteiger partial charge in [-0.2, -0.15) is 0 Å². The maximum absolute atomic E-state index is 2.00. The zero-order valence-electron chi connectivity index (χ0n) is 8.69. The van der Waals surface area contributed by atoms with Crippen molar-refractivity contribution in [3.8, 4) is 0 Å². The van der Waals surface area contributed by atoms with Gasteiger partial charge in [0.2, 0.25) is 0 Å². The zero-order valence-corrected chi connectivity index (χ0v) is 8.69. The van der Waals surface area contributed by atoms with Gasteiger partial charge in [-0.25, -0.2) is 0 Å². The van der Waals surface area contributed by atoms with E-state index in [4.69, 9.17) is 0 Å². The Labute approximate surface area is 72.4 Å². The lowest BCUT2D eigenvalue weighted by atomic mass is 10.2. The van der Waals surface area contributed by atoms with Crippen molar-refractivity contribution in [2.45, 2.75) is 59.8 Å². The number of hydrogen-bond donors (Lipinski definition) is 0. The molecule has 0 nitrogen and oxygen atoms in total. The second-order valence-corrected chi connectivity index (χ2v) is 3.12. The fraction of sp³-hybridized carbons (Fsp3) is 1.00. The molecule has 2 saturated carbocycles. The van der Waals surface area contributed by atoms with Gasteiger partial charge in [-0.05, 0) is 18.3 Å². The normalized spacial score (nSPS) is 20.7. The molecule has 0 unspecified atom stereocenters. The van der Waals surface area contributed by atoms with Crippen LogP contribution in [0.4, 0.5) is 0 Å². The van der Waals surface area contributed by atoms with Gasteiger partial charge in [0.15, 0.2) is 0 Å². The topological polar surface area (TPSA) is 0 Å². The van der Waals surface area contributed by atoms with Crippen LogP contribution >= 0.6 is 0 Å². The van der Waals surface area contributed by atoms with E-state index >= 15 is 0 Å². The molecule has 0 aromatic carbocycles. The smallest absolute Gasteiger partial charge is 0.0411 e. The van der Waals surface area contributed by atoms with Crippen LogP contribution in [0.5, 0.6) is 0 Å². The van der Waals surface area contributed by atoms with Crippen molar-refractivity contribution >= 4 is 0 Å². The molecule has 0 spiro atoms. The summed E-state index contributed by atoms with van der Waals surface area (Å²) in [5.74, 6) is 2.37. The highest BCUT2D eigenvalue weighted by Crippen LogP contribution is 2.43. The third kappa shape index (κ3) is 6.40. The Balaban J connectivity index is 0.000000222. The largest absolute Gasteiger partial charge is 0.0683 e. The standard InChI is InChI=1S/C7H12.2C2H6/c1-2-6(1)5-7-3-4-7;2*1-2/h6-7H,1-5H2;2*1-2H3. The molecule has 0 heterocycles. The number of hydrogen-bond acceptors (Lipinski definition) is 0. The third-order valence-corrected chi connectivity index (χ3v) is 2.06. The molecule has 0 amide bonds. The van der Waals surface area contributed by atoms with Crippen LogP contribution in [0.2, 0.25) is 0 Å². The molecule has 2 rings (SSSR count). The van der Waals surface area contributed by atoms with Gasteiger partial charge in [0, 0.05) is 0 Å². The first kappa shape index (κ1) is 11.0. The van der Waals surface area contributed by atoms with Crippen LogP contribution in [0, 0.1) is 11.8 Å². The molecule has 0 aromatic rings. The Morgan fingerprint density at radius 3 is 1.18 bits per heavy atom. The zero-order chi connectivity index (χ0) is 8.69. The third-order valence-electron chi connectivity index (χ3n) is 2.06. The molecule has 11 heavy (non-hydrogen) atoms. The lowest BCUT2D eigenvalue weighted by Gasteiger charge is -1.86. The van der Waals surface area contributed by atoms with E-state index in [1.165, 1.54) is 11.8 Å². The van der Waals surface area contributed by atoms with Crippen LogP contribution in [-0.2, 0) is 0 Å². The van der Waals surface area contributed by atoms with Gasteiger partial charge in [0.1, 0.15) is 0 Å². The molecule has 0 atom stereocenters. The quantitative estimate of drug-likeness (QED) is 0.560. The second kappa shape index (κ2) is 6.69. The van der Waals surface area contributed by atoms with Crippen LogP contribution in [0.1, 0.15) is 59.8 Å². The number of rotatable bonds is 2. The van der Waals surface area contributed by atoms with Crippen LogP contribution in [0.25, 0.3) is 0 Å². The molecule has 0 bridgehead atoms. The van der Waals surface area contributed by atoms with Gasteiger partial charge in [-0.1, -0.05) is 53.4 Å². The lowest BCUT2D eigenvalue weighted by molar-refractivity contribution is 0.652. The Morgan fingerprint density at radius 1 is 0.727 bits per heavy atom. The Morgan fingerprint density at radius 2 is 1.00 bits per heavy atom. The Hall–Kier alpha value is 0. The Kier molecular flexibility index (Phi) is 6.69. The summed E-state index contributed by atoms with van der Waals surface area (Å²) in [4.78, 5) is 0. The molecular formula is C11H24. The minimum atomic E-state index is 1.19. The molecule has 0 N–H and O–H groups in total. The predicted molar refractivity (Wildman–Crippen MR) is 52.8 cm³/mol. The first-order chi connectivity index (χ1) is 5.45. The van der Waals surface area contributed by atoms with Gasteiger partial charge < -0.3 is 0 Å². The molecular weight excluding hydrogens is 132 g/mol. The first-order valence-electron chi connectivity index (χ1n) is 5.45. The summed E-state index contributed by atoms with van der Waals surface area (Å²) in [7, 11) is 0. The molecule has 2 fully saturated rings. The van der Waals surface area contributed by atoms with Gasteiger partial charge in [-0.15, -0.1) is 0 Å². The van der Waals surface area contributed by atoms with Gasteiger partial charge >= 0.3 is 0 Å². The van der Waals surface area contributed by atoms with Crippen LogP contribution in [0.3, 0.4) is 0 Å². The summed E-state index contributed by atoms with van der Waals surface area (Å²) in [5.41, 5.74) is 0. The summed E-state index contributed by atoms with van der Waals surface area (Å²) in [6, 6.07) is 0. The van der Waals surface area contributed by atoms with E-state index in [-0.39, 0.29) is 0 Å². The molecule has 0 aromatic heterocycles. The summed E-state index contributed by atoms with van der Waals surface area (Å²) in [6.45, 7) is 8.00. The molecule has 0 aliphatic heterocycles. The maximum atomic E-state index is 2.00. The molecule has 0 radical (unpaired) electrons. The van der Waals surface area contributed by atoms with Crippen molar-refractivity contribution in [1.29, 1.82) is 0 Å². The monoisotopic (exact) mass is 156 g/mol. The highest BCUT2D eigenvalue weighted by atomic mass is 14.4. The predicted octanol–water partition coefficient (Wildman–Crippen LogP) is 4.25. The lowest BCUT2D eigenvalue weighted by Crippen LogP contribution is -1.75. The molecule has 68 valence electrons. The summed E-state index contributed by atoms with van der Waals surface area (Å²) >= 11 is 0. The SMILES string of the molecule is C1CC1CC1CC1.CC.CC. The van der Waals surface area contributed by atoms with E-state index < -0.39 is 0 Å². The summed E-state index contributed by atoms with van der Waals surface area (Å²) in [6.07, 6.45) is 7.79. The Bertz CT molecular complexity index is 58.1. The summed E-state index contributed by atoms with van der Waals surface area (Å²) in [5, 5.41) is 0. The molecule has 2 aliphatic rings. The van der Waals surface area contributed by atoms with Crippen LogP contribution in [0.15, 0.2) is 0 Å². The maximum Gasteiger partial charge on any atom is -0.0411 e. The fourth-order valence-electron chi connectivity index (χ4n) is 1.18. The highest BCUT2D eigenvalue weighted by molar-refractivity contribution is 4.82. The van der Waals surface area contributed by atoms with Gasteiger partial charge in [0.05, 0.1) is 0 Å². The van der Waals surface area contributed by atoms with Crippen molar-refractivity contribution in [3.63, 3.8) is 0 Å². The van der Waals surface area contributed by atoms with E-state index in [9.17, 15) is 0 Å². The van der Waals surface area contributed by atoms with Crippen molar-refractivity contribution in [1.82, 2.24) is 0 Å². The summed E-state index contributed by atoms with van der Waals surface area (Å²) < 4.78 is 0. The van der Waals surface area contributed by atoms with Gasteiger partial charge in [0.25, 0.3) is 0 Å². The molecule has 0 heteroatoms. The molecule has 0 saturated heterocycles. The van der Waals surface area contributed by atoms with E-state index in [0.29, 0.717) is 0 Å². The van der Waals surface area contributed by atoms with E-state index in [1.807, 2.05) is 27.7 Å². The van der Waals surface area contributed by atoms with E-state index in [0.717, 1.165) is 0 Å². The van der Waals surface area contributed by atoms with Crippen molar-refractivity contribution < 1.29 is 0 Å². The first-order valence-corrected chi connectivity index (χ1v) is 5.45. The molecule has 2 aliphatic carbocycles. The van der Waals surface area contributed by atoms with Crippen molar-refractivity contribution in [2.24, 2.45) is 11.8 Å². The minimum Gasteiger partial charge on any atom is -0.0683 e. The minimum absolute atomic E-state index is 1.19. The van der Waals surface area contributed by atoms with E-state index in [1.54, 1.807) is 32.1 Å². The van der Waals surface area contributed by atoms with Crippen molar-refractivity contribution in [2.75, 3.05) is 0 Å². The van der Waals surface area contributed by atoms with Crippen LogP contribution in [-0.4, -0.2) is 0 Å². The van der Waals surface area contributed by atoms with Crippen LogP contribution < -0.4 is 0 Å². The average Bonchev–Trinajstić information content (AvgIpc) is 2.94. The van der Waals surface area contributed by atoms with E-state index in [2.05, 4.69) is 0 Å². The second-order valence-electron chi connectivity index (χ2n) is 3.12. The van der Waals surface area contributed by atoms with Crippen molar-refractivity contribution in [3.05, 3.63) is 0 Å².